The third kappa shape index (κ3) is 16.8. The number of hydrogen-bond acceptors (Lipinski definition) is 8. The normalized spacial score (nSPS) is 16.4. The first-order valence-electron chi connectivity index (χ1n) is 16.6. The second kappa shape index (κ2) is 19.7. The molecule has 1 radical (unpaired) electrons. The molecule has 0 saturated heterocycles. The molecule has 2 unspecified atom stereocenters. The predicted molar refractivity (Wildman–Crippen MR) is 189 cm³/mol. The van der Waals surface area contributed by atoms with Gasteiger partial charge in [-0.25, -0.2) is 0 Å². The molecule has 3 rings (SSSR count). The Kier molecular flexibility index (Phi) is 18.4. The van der Waals surface area contributed by atoms with Crippen molar-refractivity contribution in [2.45, 2.75) is 139 Å². The maximum atomic E-state index is 11.0. The molecule has 1 aliphatic carbocycles. The largest absolute Gasteiger partial charge is 2.00 e. The van der Waals surface area contributed by atoms with Crippen LogP contribution in [0.5, 0.6) is 11.5 Å². The zero-order valence-corrected chi connectivity index (χ0v) is 32.1. The van der Waals surface area contributed by atoms with Crippen LogP contribution in [0, 0.1) is 10.8 Å². The smallest absolute Gasteiger partial charge is 0.550 e. The zero-order valence-electron chi connectivity index (χ0n) is 31.1. The van der Waals surface area contributed by atoms with Gasteiger partial charge >= 0.3 is 16.8 Å². The molecule has 269 valence electrons. The average molecular weight is 710 g/mol. The summed E-state index contributed by atoms with van der Waals surface area (Å²) in [5.41, 5.74) is 6.34. The predicted octanol–water partition coefficient (Wildman–Crippen LogP) is 6.49. The molecule has 1 fully saturated rings. The number of aliphatic imine (C=N–C) groups is 2. The Labute approximate surface area is 299 Å². The Balaban J connectivity index is 0.00000221. The van der Waals surface area contributed by atoms with Crippen LogP contribution in [0.3, 0.4) is 0 Å². The quantitative estimate of drug-likeness (QED) is 0.300. The van der Waals surface area contributed by atoms with Gasteiger partial charge in [-0.1, -0.05) is 81.4 Å². The summed E-state index contributed by atoms with van der Waals surface area (Å²) in [6.45, 7) is 23.9. The summed E-state index contributed by atoms with van der Waals surface area (Å²) in [7, 11) is 0. The van der Waals surface area contributed by atoms with Gasteiger partial charge < -0.3 is 30.0 Å². The van der Waals surface area contributed by atoms with Crippen molar-refractivity contribution >= 4 is 24.4 Å². The van der Waals surface area contributed by atoms with Crippen LogP contribution in [0.25, 0.3) is 0 Å². The first-order chi connectivity index (χ1) is 21.5. The molecular weight excluding hydrogens is 651 g/mol. The number of carbonyl (C=O) groups excluding carboxylic acids is 2. The maximum absolute atomic E-state index is 11.0. The number of carboxylic acids is 2. The van der Waals surface area contributed by atoms with Crippen LogP contribution in [0.1, 0.15) is 148 Å². The number of hydrogen-bond donors (Lipinski definition) is 2. The molecule has 9 heteroatoms. The number of phenols is 2. The van der Waals surface area contributed by atoms with Crippen molar-refractivity contribution in [3.8, 4) is 11.5 Å². The number of rotatable bonds is 8. The molecule has 2 aromatic rings. The van der Waals surface area contributed by atoms with E-state index in [4.69, 9.17) is 29.8 Å². The van der Waals surface area contributed by atoms with E-state index < -0.39 is 11.9 Å². The van der Waals surface area contributed by atoms with Crippen molar-refractivity contribution in [2.24, 2.45) is 20.8 Å². The van der Waals surface area contributed by atoms with Crippen molar-refractivity contribution < 1.29 is 46.8 Å². The SMILES string of the molecule is CC(=O)[O-].CC(=O)[O-].CC(C)c1cc(CC(C)(C)C)cc(C=NC2CCCC2N=Cc2cc(CC(C)(C)C)cc(C(C)C)c2O)c1O.[Co+2]. The number of carbonyl (C=O) groups is 2. The molecule has 2 aromatic carbocycles. The minimum Gasteiger partial charge on any atom is -0.550 e. The van der Waals surface area contributed by atoms with E-state index >= 15 is 0 Å². The van der Waals surface area contributed by atoms with E-state index in [-0.39, 0.29) is 51.5 Å². The van der Waals surface area contributed by atoms with E-state index in [2.05, 4.69) is 93.5 Å². The fourth-order valence-electron chi connectivity index (χ4n) is 5.62. The number of aromatic hydroxyl groups is 2. The Hall–Kier alpha value is -3.17. The van der Waals surface area contributed by atoms with Gasteiger partial charge in [-0.05, 0) is 103 Å². The van der Waals surface area contributed by atoms with Gasteiger partial charge in [-0.3, -0.25) is 9.98 Å². The number of phenolic OH excluding ortho intramolecular Hbond substituents is 2. The van der Waals surface area contributed by atoms with E-state index in [1.54, 1.807) is 0 Å². The average Bonchev–Trinajstić information content (AvgIpc) is 3.33. The van der Waals surface area contributed by atoms with E-state index in [1.165, 1.54) is 11.1 Å². The topological polar surface area (TPSA) is 145 Å². The number of carboxylic acid groups (broad SMARTS) is 2. The Morgan fingerprint density at radius 1 is 0.729 bits per heavy atom. The molecule has 8 nitrogen and oxygen atoms in total. The van der Waals surface area contributed by atoms with E-state index in [9.17, 15) is 10.2 Å². The summed E-state index contributed by atoms with van der Waals surface area (Å²) < 4.78 is 0. The first kappa shape index (κ1) is 44.8. The summed E-state index contributed by atoms with van der Waals surface area (Å²) in [6.07, 6.45) is 8.65. The third-order valence-corrected chi connectivity index (χ3v) is 7.42. The van der Waals surface area contributed by atoms with Crippen LogP contribution in [0.2, 0.25) is 0 Å². The van der Waals surface area contributed by atoms with Gasteiger partial charge in [-0.15, -0.1) is 0 Å². The fraction of sp³-hybridized carbons (Fsp3) is 0.590. The van der Waals surface area contributed by atoms with Crippen molar-refractivity contribution in [2.75, 3.05) is 0 Å². The van der Waals surface area contributed by atoms with Crippen LogP contribution < -0.4 is 10.2 Å². The summed E-state index contributed by atoms with van der Waals surface area (Å²) >= 11 is 0. The summed E-state index contributed by atoms with van der Waals surface area (Å²) in [6, 6.07) is 8.62. The Morgan fingerprint density at radius 2 is 1.02 bits per heavy atom. The molecule has 0 aromatic heterocycles. The second-order valence-electron chi connectivity index (χ2n) is 15.6. The van der Waals surface area contributed by atoms with Crippen LogP contribution in [-0.4, -0.2) is 46.7 Å². The Morgan fingerprint density at radius 3 is 1.27 bits per heavy atom. The van der Waals surface area contributed by atoms with E-state index in [1.807, 2.05) is 12.4 Å². The van der Waals surface area contributed by atoms with Crippen molar-refractivity contribution in [3.05, 3.63) is 57.6 Å². The Bertz CT molecular complexity index is 1290. The van der Waals surface area contributed by atoms with Gasteiger partial charge in [0.05, 0.1) is 12.1 Å². The monoisotopic (exact) mass is 709 g/mol. The summed E-state index contributed by atoms with van der Waals surface area (Å²) in [5, 5.41) is 39.8. The molecule has 1 aliphatic rings. The van der Waals surface area contributed by atoms with Gasteiger partial charge in [0, 0.05) is 35.5 Å². The standard InChI is InChI=1S/C35H52N2O2.2C2H4O2.Co/c1-22(2)28-16-24(18-34(5,6)7)14-26(32(28)38)20-36-30-12-11-13-31(30)37-21-27-15-25(19-35(8,9)10)17-29(23(3)4)33(27)39;2*1-2(3)4;/h14-17,20-23,30-31,38-39H,11-13,18-19H2,1-10H3;2*1H3,(H,3,4);/q;;;+2/p-2. The van der Waals surface area contributed by atoms with Crippen molar-refractivity contribution in [1.29, 1.82) is 0 Å². The van der Waals surface area contributed by atoms with Gasteiger partial charge in [0.15, 0.2) is 0 Å². The van der Waals surface area contributed by atoms with Crippen molar-refractivity contribution in [1.82, 2.24) is 0 Å². The fourth-order valence-corrected chi connectivity index (χ4v) is 5.62. The number of aliphatic carboxylic acids is 2. The number of benzene rings is 2. The van der Waals surface area contributed by atoms with E-state index in [0.717, 1.165) is 68.2 Å². The minimum atomic E-state index is -1.08. The summed E-state index contributed by atoms with van der Waals surface area (Å²) in [5.74, 6) is -1.02. The van der Waals surface area contributed by atoms with E-state index in [0.29, 0.717) is 11.5 Å². The molecule has 2 atom stereocenters. The van der Waals surface area contributed by atoms with Gasteiger partial charge in [0.1, 0.15) is 11.5 Å². The molecule has 0 aliphatic heterocycles. The summed E-state index contributed by atoms with van der Waals surface area (Å²) in [4.78, 5) is 27.7. The van der Waals surface area contributed by atoms with Gasteiger partial charge in [0.25, 0.3) is 0 Å². The van der Waals surface area contributed by atoms with Gasteiger partial charge in [-0.2, -0.15) is 0 Å². The van der Waals surface area contributed by atoms with Gasteiger partial charge in [0.2, 0.25) is 0 Å². The molecule has 0 spiro atoms. The molecule has 2 N–H and O–H groups in total. The van der Waals surface area contributed by atoms with Crippen LogP contribution in [-0.2, 0) is 39.2 Å². The molecule has 1 saturated carbocycles. The minimum absolute atomic E-state index is 0. The molecule has 0 heterocycles. The zero-order chi connectivity index (χ0) is 36.3. The van der Waals surface area contributed by atoms with Crippen molar-refractivity contribution in [3.63, 3.8) is 0 Å². The number of nitrogens with zero attached hydrogens (tertiary/aromatic N) is 2. The van der Waals surface area contributed by atoms with Crippen LogP contribution in [0.4, 0.5) is 0 Å². The molecule has 0 amide bonds. The van der Waals surface area contributed by atoms with Crippen LogP contribution >= 0.6 is 0 Å². The molecular formula is C39H58CoN2O6. The van der Waals surface area contributed by atoms with Crippen LogP contribution in [0.15, 0.2) is 34.3 Å². The molecule has 0 bridgehead atoms. The third-order valence-electron chi connectivity index (χ3n) is 7.42. The first-order valence-corrected chi connectivity index (χ1v) is 16.6. The molecule has 48 heavy (non-hydrogen) atoms. The maximum Gasteiger partial charge on any atom is 2.00 e. The second-order valence-corrected chi connectivity index (χ2v) is 15.6.